The average Bonchev–Trinajstić information content (AvgIpc) is 2.19. The summed E-state index contributed by atoms with van der Waals surface area (Å²) in [6.45, 7) is 4.18. The Bertz CT molecular complexity index is 245. The highest BCUT2D eigenvalue weighted by molar-refractivity contribution is 7.89. The van der Waals surface area contributed by atoms with Gasteiger partial charge in [0.25, 0.3) is 0 Å². The fraction of sp³-hybridized carbons (Fsp3) is 1.00. The van der Waals surface area contributed by atoms with Gasteiger partial charge < -0.3 is 4.74 Å². The summed E-state index contributed by atoms with van der Waals surface area (Å²) in [4.78, 5) is 0. The zero-order valence-corrected chi connectivity index (χ0v) is 9.55. The number of hydrogen-bond donors (Lipinski definition) is 0. The molecule has 1 aliphatic heterocycles. The molecule has 0 N–H and O–H groups in total. The molecule has 0 aromatic rings. The Kier molecular flexibility index (Phi) is 4.84. The third-order valence-corrected chi connectivity index (χ3v) is 4.33. The lowest BCUT2D eigenvalue weighted by Crippen LogP contribution is -2.41. The molecule has 1 saturated heterocycles. The largest absolute Gasteiger partial charge is 0.379 e. The van der Waals surface area contributed by atoms with Crippen LogP contribution in [-0.4, -0.2) is 44.8 Å². The molecule has 0 amide bonds. The van der Waals surface area contributed by atoms with E-state index in [1.54, 1.807) is 4.31 Å². The predicted molar refractivity (Wildman–Crippen MR) is 55.7 cm³/mol. The first-order chi connectivity index (χ1) is 6.67. The predicted octanol–water partition coefficient (Wildman–Crippen LogP) is 0.839. The third-order valence-electron chi connectivity index (χ3n) is 2.37. The van der Waals surface area contributed by atoms with Gasteiger partial charge in [0.05, 0.1) is 19.0 Å². The minimum atomic E-state index is -3.00. The zero-order chi connectivity index (χ0) is 10.4. The van der Waals surface area contributed by atoms with Gasteiger partial charge in [0.1, 0.15) is 0 Å². The van der Waals surface area contributed by atoms with Gasteiger partial charge in [-0.1, -0.05) is 19.8 Å². The molecule has 14 heavy (non-hydrogen) atoms. The second-order valence-corrected chi connectivity index (χ2v) is 5.62. The molecule has 0 atom stereocenters. The van der Waals surface area contributed by atoms with Gasteiger partial charge in [-0.3, -0.25) is 0 Å². The molecule has 1 aliphatic rings. The first-order valence-corrected chi connectivity index (χ1v) is 6.83. The van der Waals surface area contributed by atoms with Crippen LogP contribution in [0.4, 0.5) is 0 Å². The molecule has 1 fully saturated rings. The van der Waals surface area contributed by atoms with E-state index in [9.17, 15) is 8.42 Å². The van der Waals surface area contributed by atoms with Crippen LogP contribution in [0.2, 0.25) is 0 Å². The number of unbranched alkanes of at least 4 members (excludes halogenated alkanes) is 2. The lowest BCUT2D eigenvalue weighted by Gasteiger charge is -2.25. The van der Waals surface area contributed by atoms with E-state index in [0.717, 1.165) is 19.3 Å². The van der Waals surface area contributed by atoms with Gasteiger partial charge in [0.2, 0.25) is 10.0 Å². The van der Waals surface area contributed by atoms with E-state index in [1.165, 1.54) is 0 Å². The smallest absolute Gasteiger partial charge is 0.214 e. The van der Waals surface area contributed by atoms with E-state index in [4.69, 9.17) is 4.74 Å². The van der Waals surface area contributed by atoms with Gasteiger partial charge in [0.15, 0.2) is 0 Å². The summed E-state index contributed by atoms with van der Waals surface area (Å²) in [6, 6.07) is 0. The average molecular weight is 221 g/mol. The van der Waals surface area contributed by atoms with Crippen LogP contribution >= 0.6 is 0 Å². The van der Waals surface area contributed by atoms with Gasteiger partial charge in [-0.25, -0.2) is 8.42 Å². The van der Waals surface area contributed by atoms with E-state index in [1.807, 2.05) is 0 Å². The first kappa shape index (κ1) is 11.9. The maximum Gasteiger partial charge on any atom is 0.214 e. The van der Waals surface area contributed by atoms with Crippen molar-refractivity contribution in [1.82, 2.24) is 4.31 Å². The maximum atomic E-state index is 11.7. The second kappa shape index (κ2) is 5.68. The number of hydrogen-bond acceptors (Lipinski definition) is 3. The normalized spacial score (nSPS) is 19.8. The molecule has 0 aromatic heterocycles. The van der Waals surface area contributed by atoms with Crippen molar-refractivity contribution in [2.24, 2.45) is 0 Å². The Morgan fingerprint density at radius 2 is 1.86 bits per heavy atom. The molecule has 0 aliphatic carbocycles. The van der Waals surface area contributed by atoms with Crippen LogP contribution in [-0.2, 0) is 14.8 Å². The fourth-order valence-electron chi connectivity index (χ4n) is 1.49. The summed E-state index contributed by atoms with van der Waals surface area (Å²) in [5.41, 5.74) is 0. The van der Waals surface area contributed by atoms with Crippen LogP contribution in [0.5, 0.6) is 0 Å². The van der Waals surface area contributed by atoms with Crippen molar-refractivity contribution in [3.05, 3.63) is 0 Å². The van der Waals surface area contributed by atoms with E-state index in [2.05, 4.69) is 6.92 Å². The van der Waals surface area contributed by atoms with Gasteiger partial charge in [-0.15, -0.1) is 0 Å². The van der Waals surface area contributed by atoms with Gasteiger partial charge in [0, 0.05) is 13.1 Å². The molecule has 1 rings (SSSR count). The SMILES string of the molecule is CCCCCS(=O)(=O)N1CCOCC1. The van der Waals surface area contributed by atoms with Gasteiger partial charge >= 0.3 is 0 Å². The molecule has 5 heteroatoms. The first-order valence-electron chi connectivity index (χ1n) is 5.22. The summed E-state index contributed by atoms with van der Waals surface area (Å²) in [6.07, 6.45) is 2.82. The summed E-state index contributed by atoms with van der Waals surface area (Å²) in [5, 5.41) is 0. The van der Waals surface area contributed by atoms with E-state index in [-0.39, 0.29) is 0 Å². The molecule has 84 valence electrons. The zero-order valence-electron chi connectivity index (χ0n) is 8.74. The fourth-order valence-corrected chi connectivity index (χ4v) is 3.02. The Balaban J connectivity index is 2.38. The number of morpholine rings is 1. The summed E-state index contributed by atoms with van der Waals surface area (Å²) in [5.74, 6) is 0.292. The lowest BCUT2D eigenvalue weighted by atomic mass is 10.3. The van der Waals surface area contributed by atoms with Crippen molar-refractivity contribution < 1.29 is 13.2 Å². The van der Waals surface area contributed by atoms with Crippen LogP contribution < -0.4 is 0 Å². The van der Waals surface area contributed by atoms with Crippen molar-refractivity contribution in [2.75, 3.05) is 32.1 Å². The highest BCUT2D eigenvalue weighted by Gasteiger charge is 2.23. The highest BCUT2D eigenvalue weighted by Crippen LogP contribution is 2.08. The molecule has 1 heterocycles. The summed E-state index contributed by atoms with van der Waals surface area (Å²) in [7, 11) is -3.00. The Hall–Kier alpha value is -0.130. The number of ether oxygens (including phenoxy) is 1. The van der Waals surface area contributed by atoms with Crippen LogP contribution in [0.25, 0.3) is 0 Å². The summed E-state index contributed by atoms with van der Waals surface area (Å²) < 4.78 is 30.1. The van der Waals surface area contributed by atoms with Gasteiger partial charge in [-0.05, 0) is 6.42 Å². The molecule has 4 nitrogen and oxygen atoms in total. The van der Waals surface area contributed by atoms with Crippen molar-refractivity contribution in [3.63, 3.8) is 0 Å². The van der Waals surface area contributed by atoms with Crippen LogP contribution in [0.1, 0.15) is 26.2 Å². The van der Waals surface area contributed by atoms with Gasteiger partial charge in [-0.2, -0.15) is 4.31 Å². The highest BCUT2D eigenvalue weighted by atomic mass is 32.2. The quantitative estimate of drug-likeness (QED) is 0.646. The van der Waals surface area contributed by atoms with Crippen LogP contribution in [0.15, 0.2) is 0 Å². The Morgan fingerprint density at radius 1 is 1.21 bits per heavy atom. The molecular formula is C9H19NO3S. The minimum absolute atomic E-state index is 0.292. The Morgan fingerprint density at radius 3 is 2.43 bits per heavy atom. The standard InChI is InChI=1S/C9H19NO3S/c1-2-3-4-9-14(11,12)10-5-7-13-8-6-10/h2-9H2,1H3. The lowest BCUT2D eigenvalue weighted by molar-refractivity contribution is 0.0730. The van der Waals surface area contributed by atoms with E-state index >= 15 is 0 Å². The molecule has 0 radical (unpaired) electrons. The van der Waals surface area contributed by atoms with Crippen molar-refractivity contribution >= 4 is 10.0 Å². The third kappa shape index (κ3) is 3.55. The maximum absolute atomic E-state index is 11.7. The summed E-state index contributed by atoms with van der Waals surface area (Å²) >= 11 is 0. The second-order valence-electron chi connectivity index (χ2n) is 3.53. The van der Waals surface area contributed by atoms with Crippen molar-refractivity contribution in [1.29, 1.82) is 0 Å². The number of sulfonamides is 1. The molecule has 0 saturated carbocycles. The number of rotatable bonds is 5. The molecule has 0 spiro atoms. The molecule has 0 bridgehead atoms. The molecule has 0 aromatic carbocycles. The van der Waals surface area contributed by atoms with Crippen LogP contribution in [0, 0.1) is 0 Å². The van der Waals surface area contributed by atoms with E-state index in [0.29, 0.717) is 32.1 Å². The van der Waals surface area contributed by atoms with Crippen LogP contribution in [0.3, 0.4) is 0 Å². The number of nitrogens with zero attached hydrogens (tertiary/aromatic N) is 1. The monoisotopic (exact) mass is 221 g/mol. The topological polar surface area (TPSA) is 46.6 Å². The molecule has 0 unspecified atom stereocenters. The molecular weight excluding hydrogens is 202 g/mol. The minimum Gasteiger partial charge on any atom is -0.379 e. The Labute approximate surface area is 86.3 Å². The van der Waals surface area contributed by atoms with Crippen molar-refractivity contribution in [3.8, 4) is 0 Å². The van der Waals surface area contributed by atoms with Crippen molar-refractivity contribution in [2.45, 2.75) is 26.2 Å². The van der Waals surface area contributed by atoms with E-state index < -0.39 is 10.0 Å².